The quantitative estimate of drug-likeness (QED) is 0.159. The van der Waals surface area contributed by atoms with Crippen LogP contribution in [0.3, 0.4) is 0 Å². The number of hydrogen-bond acceptors (Lipinski definition) is 2. The zero-order valence-electron chi connectivity index (χ0n) is 31.8. The molecule has 1 aliphatic carbocycles. The number of rotatable bonds is 6. The average molecular weight is 740 g/mol. The summed E-state index contributed by atoms with van der Waals surface area (Å²) >= 11 is 0. The van der Waals surface area contributed by atoms with Gasteiger partial charge in [-0.3, -0.25) is 0 Å². The molecule has 0 radical (unpaired) electrons. The van der Waals surface area contributed by atoms with E-state index in [1.807, 2.05) is 12.1 Å². The molecule has 0 amide bonds. The number of aromatic nitrogens is 3. The molecule has 1 aliphatic rings. The molecule has 0 atom stereocenters. The minimum absolute atomic E-state index is 0.698. The summed E-state index contributed by atoms with van der Waals surface area (Å²) in [5.41, 5.74) is 14.5. The number of nitrogens with zero attached hydrogens (tertiary/aromatic N) is 3. The molecule has 10 aromatic rings. The molecule has 11 rings (SSSR count). The molecule has 2 heterocycles. The van der Waals surface area contributed by atoms with Crippen molar-refractivity contribution in [3.63, 3.8) is 0 Å². The van der Waals surface area contributed by atoms with Crippen LogP contribution in [0.4, 0.5) is 0 Å². The van der Waals surface area contributed by atoms with Gasteiger partial charge in [-0.05, 0) is 104 Å². The Bertz CT molecular complexity index is 3170. The standard InChI is InChI=1S/C55H37N3/c1-5-16-37(17-6-1)49-35-43-32-40(28-30-45(43)46-24-13-14-25-47(46)49)41-29-31-54-50(34-41)48-26-11-4-12-27-53(48)58(54)44-23-15-22-42(33-44)55-56-51(38-18-7-2-8-19-38)36-52(57-55)39-20-9-3-10-21-39/h1-25,27-36H,26H2. The Morgan fingerprint density at radius 1 is 0.414 bits per heavy atom. The van der Waals surface area contributed by atoms with E-state index in [9.17, 15) is 0 Å². The minimum atomic E-state index is 0.698. The van der Waals surface area contributed by atoms with Gasteiger partial charge >= 0.3 is 0 Å². The minimum Gasteiger partial charge on any atom is -0.310 e. The van der Waals surface area contributed by atoms with Gasteiger partial charge in [0.1, 0.15) is 0 Å². The van der Waals surface area contributed by atoms with Gasteiger partial charge in [-0.1, -0.05) is 164 Å². The Balaban J connectivity index is 1.05. The molecule has 0 unspecified atom stereocenters. The van der Waals surface area contributed by atoms with Crippen LogP contribution in [0.5, 0.6) is 0 Å². The van der Waals surface area contributed by atoms with Crippen LogP contribution in [0.25, 0.3) is 100 Å². The van der Waals surface area contributed by atoms with E-state index in [0.29, 0.717) is 5.82 Å². The maximum atomic E-state index is 5.15. The first-order valence-corrected chi connectivity index (χ1v) is 19.9. The molecular formula is C55H37N3. The van der Waals surface area contributed by atoms with Crippen LogP contribution in [-0.2, 0) is 6.42 Å². The van der Waals surface area contributed by atoms with E-state index < -0.39 is 0 Å². The van der Waals surface area contributed by atoms with Crippen molar-refractivity contribution in [1.29, 1.82) is 0 Å². The second kappa shape index (κ2) is 14.1. The summed E-state index contributed by atoms with van der Waals surface area (Å²) in [4.78, 5) is 10.3. The summed E-state index contributed by atoms with van der Waals surface area (Å²) in [5, 5.41) is 6.31. The third kappa shape index (κ3) is 5.93. The van der Waals surface area contributed by atoms with Gasteiger partial charge in [0.25, 0.3) is 0 Å². The molecule has 3 heteroatoms. The van der Waals surface area contributed by atoms with Gasteiger partial charge < -0.3 is 4.57 Å². The van der Waals surface area contributed by atoms with E-state index in [1.54, 1.807) is 0 Å². The molecule has 0 spiro atoms. The van der Waals surface area contributed by atoms with Crippen LogP contribution in [0.2, 0.25) is 0 Å². The zero-order valence-corrected chi connectivity index (χ0v) is 31.8. The number of allylic oxidation sites excluding steroid dienone is 3. The maximum Gasteiger partial charge on any atom is 0.160 e. The molecule has 272 valence electrons. The van der Waals surface area contributed by atoms with Crippen molar-refractivity contribution in [3.8, 4) is 61.8 Å². The number of fused-ring (bicyclic) bond motifs is 6. The Morgan fingerprint density at radius 2 is 1.05 bits per heavy atom. The Kier molecular flexibility index (Phi) is 8.22. The molecular weight excluding hydrogens is 703 g/mol. The zero-order chi connectivity index (χ0) is 38.4. The highest BCUT2D eigenvalue weighted by Crippen LogP contribution is 2.39. The topological polar surface area (TPSA) is 30.7 Å². The third-order valence-corrected chi connectivity index (χ3v) is 11.4. The molecule has 8 aromatic carbocycles. The van der Waals surface area contributed by atoms with Gasteiger partial charge in [-0.25, -0.2) is 9.97 Å². The van der Waals surface area contributed by atoms with E-state index in [0.717, 1.165) is 40.2 Å². The van der Waals surface area contributed by atoms with Crippen LogP contribution in [-0.4, -0.2) is 14.5 Å². The first-order chi connectivity index (χ1) is 28.7. The molecule has 0 saturated carbocycles. The first kappa shape index (κ1) is 33.7. The van der Waals surface area contributed by atoms with E-state index >= 15 is 0 Å². The first-order valence-electron chi connectivity index (χ1n) is 19.9. The summed E-state index contributed by atoms with van der Waals surface area (Å²) < 4.78 is 2.40. The predicted molar refractivity (Wildman–Crippen MR) is 243 cm³/mol. The highest BCUT2D eigenvalue weighted by atomic mass is 15.0. The Morgan fingerprint density at radius 3 is 1.79 bits per heavy atom. The third-order valence-electron chi connectivity index (χ3n) is 11.4. The summed E-state index contributed by atoms with van der Waals surface area (Å²) in [7, 11) is 0. The lowest BCUT2D eigenvalue weighted by molar-refractivity contribution is 1.08. The summed E-state index contributed by atoms with van der Waals surface area (Å²) in [5.74, 6) is 0.698. The van der Waals surface area contributed by atoms with Crippen molar-refractivity contribution < 1.29 is 0 Å². The van der Waals surface area contributed by atoms with Crippen molar-refractivity contribution in [1.82, 2.24) is 14.5 Å². The fraction of sp³-hybridized carbons (Fsp3) is 0.0182. The average Bonchev–Trinajstić information content (AvgIpc) is 3.41. The fourth-order valence-corrected chi connectivity index (χ4v) is 8.66. The fourth-order valence-electron chi connectivity index (χ4n) is 8.66. The van der Waals surface area contributed by atoms with Gasteiger partial charge in [0.2, 0.25) is 0 Å². The smallest absolute Gasteiger partial charge is 0.160 e. The van der Waals surface area contributed by atoms with Crippen molar-refractivity contribution in [3.05, 3.63) is 218 Å². The lowest BCUT2D eigenvalue weighted by atomic mass is 9.91. The lowest BCUT2D eigenvalue weighted by Crippen LogP contribution is -2.00. The maximum absolute atomic E-state index is 5.15. The van der Waals surface area contributed by atoms with Crippen molar-refractivity contribution in [2.45, 2.75) is 6.42 Å². The van der Waals surface area contributed by atoms with E-state index in [2.05, 4.69) is 205 Å². The van der Waals surface area contributed by atoms with Gasteiger partial charge in [0, 0.05) is 27.8 Å². The van der Waals surface area contributed by atoms with Crippen LogP contribution < -0.4 is 0 Å². The summed E-state index contributed by atoms with van der Waals surface area (Å²) in [6, 6.07) is 67.3. The molecule has 58 heavy (non-hydrogen) atoms. The largest absolute Gasteiger partial charge is 0.310 e. The highest BCUT2D eigenvalue weighted by Gasteiger charge is 2.20. The second-order valence-corrected chi connectivity index (χ2v) is 14.9. The van der Waals surface area contributed by atoms with E-state index in [4.69, 9.17) is 9.97 Å². The Hall–Kier alpha value is -7.62. The van der Waals surface area contributed by atoms with Gasteiger partial charge in [0.15, 0.2) is 5.82 Å². The summed E-state index contributed by atoms with van der Waals surface area (Å²) in [6.45, 7) is 0. The monoisotopic (exact) mass is 739 g/mol. The van der Waals surface area contributed by atoms with Crippen LogP contribution in [0.1, 0.15) is 11.3 Å². The molecule has 2 aromatic heterocycles. The highest BCUT2D eigenvalue weighted by molar-refractivity contribution is 6.14. The van der Waals surface area contributed by atoms with E-state index in [-0.39, 0.29) is 0 Å². The van der Waals surface area contributed by atoms with Gasteiger partial charge in [-0.2, -0.15) is 0 Å². The number of hydrogen-bond donors (Lipinski definition) is 0. The molecule has 0 aliphatic heterocycles. The van der Waals surface area contributed by atoms with E-state index in [1.165, 1.54) is 66.0 Å². The normalized spacial score (nSPS) is 12.3. The molecule has 0 fully saturated rings. The van der Waals surface area contributed by atoms with Crippen molar-refractivity contribution >= 4 is 38.5 Å². The molecule has 0 N–H and O–H groups in total. The predicted octanol–water partition coefficient (Wildman–Crippen LogP) is 14.2. The van der Waals surface area contributed by atoms with Crippen LogP contribution >= 0.6 is 0 Å². The molecule has 3 nitrogen and oxygen atoms in total. The van der Waals surface area contributed by atoms with Crippen molar-refractivity contribution in [2.24, 2.45) is 0 Å². The summed E-state index contributed by atoms with van der Waals surface area (Å²) in [6.07, 6.45) is 9.67. The van der Waals surface area contributed by atoms with Gasteiger partial charge in [0.05, 0.1) is 22.6 Å². The lowest BCUT2D eigenvalue weighted by Gasteiger charge is -2.13. The van der Waals surface area contributed by atoms with Crippen molar-refractivity contribution in [2.75, 3.05) is 0 Å². The second-order valence-electron chi connectivity index (χ2n) is 14.9. The molecule has 0 bridgehead atoms. The van der Waals surface area contributed by atoms with Crippen LogP contribution in [0.15, 0.2) is 206 Å². The molecule has 0 saturated heterocycles. The van der Waals surface area contributed by atoms with Gasteiger partial charge in [-0.15, -0.1) is 0 Å². The number of benzene rings is 8. The SMILES string of the molecule is C1=CCc2c(n(-c3cccc(-c4nc(-c5ccccc5)cc(-c5ccccc5)n4)c3)c3ccc(-c4ccc5c(c4)cc(-c4ccccc4)c4ccccc45)cc23)C=C1. The van der Waals surface area contributed by atoms with Crippen LogP contribution in [0, 0.1) is 0 Å². The Labute approximate surface area is 337 Å².